The van der Waals surface area contributed by atoms with E-state index in [2.05, 4.69) is 5.32 Å². The fourth-order valence-electron chi connectivity index (χ4n) is 0.458. The van der Waals surface area contributed by atoms with Gasteiger partial charge in [0.05, 0.1) is 6.07 Å². The molecule has 42 valence electrons. The summed E-state index contributed by atoms with van der Waals surface area (Å²) >= 11 is 0. The van der Waals surface area contributed by atoms with Crippen molar-refractivity contribution >= 4 is 0 Å². The van der Waals surface area contributed by atoms with Gasteiger partial charge in [0.15, 0.2) is 0 Å². The predicted molar refractivity (Wildman–Crippen MR) is 30.9 cm³/mol. The zero-order chi connectivity index (χ0) is 5.82. The molecule has 1 aliphatic rings. The van der Waals surface area contributed by atoms with Crippen LogP contribution < -0.4 is 5.32 Å². The van der Waals surface area contributed by atoms with Crippen molar-refractivity contribution < 1.29 is 0 Å². The molecule has 8 heavy (non-hydrogen) atoms. The van der Waals surface area contributed by atoms with Crippen molar-refractivity contribution in [3.63, 3.8) is 0 Å². The van der Waals surface area contributed by atoms with Crippen molar-refractivity contribution in [3.05, 3.63) is 11.8 Å². The number of rotatable bonds is 2. The SMILES string of the molecule is N#CCNC=C1CC1. The van der Waals surface area contributed by atoms with Gasteiger partial charge in [-0.3, -0.25) is 0 Å². The summed E-state index contributed by atoms with van der Waals surface area (Å²) in [4.78, 5) is 0. The minimum Gasteiger partial charge on any atom is -0.378 e. The van der Waals surface area contributed by atoms with Crippen LogP contribution in [0.15, 0.2) is 11.8 Å². The average molecular weight is 108 g/mol. The molecule has 0 amide bonds. The highest BCUT2D eigenvalue weighted by atomic mass is 14.8. The first-order valence-electron chi connectivity index (χ1n) is 2.72. The average Bonchev–Trinajstić information content (AvgIpc) is 2.51. The van der Waals surface area contributed by atoms with Crippen LogP contribution in [-0.2, 0) is 0 Å². The number of hydrogen-bond acceptors (Lipinski definition) is 2. The lowest BCUT2D eigenvalue weighted by Gasteiger charge is -1.84. The first-order valence-corrected chi connectivity index (χ1v) is 2.72. The normalized spacial score (nSPS) is 14.6. The summed E-state index contributed by atoms with van der Waals surface area (Å²) < 4.78 is 0. The molecule has 1 saturated carbocycles. The van der Waals surface area contributed by atoms with Crippen molar-refractivity contribution in [2.75, 3.05) is 6.54 Å². The Kier molecular flexibility index (Phi) is 1.53. The molecule has 0 aromatic carbocycles. The summed E-state index contributed by atoms with van der Waals surface area (Å²) in [5, 5.41) is 10.9. The van der Waals surface area contributed by atoms with Crippen LogP contribution in [-0.4, -0.2) is 6.54 Å². The monoisotopic (exact) mass is 108 g/mol. The molecule has 1 rings (SSSR count). The van der Waals surface area contributed by atoms with Gasteiger partial charge >= 0.3 is 0 Å². The van der Waals surface area contributed by atoms with E-state index in [1.807, 2.05) is 12.3 Å². The van der Waals surface area contributed by atoms with Gasteiger partial charge in [-0.2, -0.15) is 5.26 Å². The summed E-state index contributed by atoms with van der Waals surface area (Å²) in [6.45, 7) is 0.434. The lowest BCUT2D eigenvalue weighted by atomic mass is 10.6. The summed E-state index contributed by atoms with van der Waals surface area (Å²) in [6, 6.07) is 2.00. The molecule has 0 heterocycles. The Morgan fingerprint density at radius 2 is 2.50 bits per heavy atom. The van der Waals surface area contributed by atoms with Crippen LogP contribution in [0.5, 0.6) is 0 Å². The van der Waals surface area contributed by atoms with Gasteiger partial charge in [-0.1, -0.05) is 5.57 Å². The number of allylic oxidation sites excluding steroid dienone is 1. The second-order valence-corrected chi connectivity index (χ2v) is 1.84. The van der Waals surface area contributed by atoms with Gasteiger partial charge in [-0.25, -0.2) is 0 Å². The fraction of sp³-hybridized carbons (Fsp3) is 0.500. The van der Waals surface area contributed by atoms with E-state index < -0.39 is 0 Å². The van der Waals surface area contributed by atoms with Crippen molar-refractivity contribution in [2.45, 2.75) is 12.8 Å². The lowest BCUT2D eigenvalue weighted by Crippen LogP contribution is -2.02. The maximum atomic E-state index is 8.06. The highest BCUT2D eigenvalue weighted by Gasteiger charge is 2.08. The lowest BCUT2D eigenvalue weighted by molar-refractivity contribution is 0.989. The topological polar surface area (TPSA) is 35.8 Å². The van der Waals surface area contributed by atoms with Crippen LogP contribution in [0, 0.1) is 11.3 Å². The first kappa shape index (κ1) is 5.17. The maximum absolute atomic E-state index is 8.06. The Labute approximate surface area is 48.8 Å². The molecule has 0 spiro atoms. The van der Waals surface area contributed by atoms with Crippen LogP contribution in [0.25, 0.3) is 0 Å². The molecule has 1 aliphatic carbocycles. The van der Waals surface area contributed by atoms with Crippen LogP contribution in [0.1, 0.15) is 12.8 Å². The van der Waals surface area contributed by atoms with Gasteiger partial charge in [0.25, 0.3) is 0 Å². The molecule has 1 N–H and O–H groups in total. The summed E-state index contributed by atoms with van der Waals surface area (Å²) in [7, 11) is 0. The first-order chi connectivity index (χ1) is 3.93. The molecule has 0 aliphatic heterocycles. The Balaban J connectivity index is 2.05. The number of nitrogens with zero attached hydrogens (tertiary/aromatic N) is 1. The van der Waals surface area contributed by atoms with E-state index in [9.17, 15) is 0 Å². The maximum Gasteiger partial charge on any atom is 0.102 e. The quantitative estimate of drug-likeness (QED) is 0.419. The third-order valence-corrected chi connectivity index (χ3v) is 1.03. The number of hydrogen-bond donors (Lipinski definition) is 1. The second kappa shape index (κ2) is 2.37. The second-order valence-electron chi connectivity index (χ2n) is 1.84. The van der Waals surface area contributed by atoms with E-state index in [0.717, 1.165) is 0 Å². The van der Waals surface area contributed by atoms with Crippen LogP contribution >= 0.6 is 0 Å². The molecule has 0 atom stereocenters. The molecule has 0 aromatic heterocycles. The highest BCUT2D eigenvalue weighted by molar-refractivity contribution is 5.15. The number of nitrogens with one attached hydrogen (secondary N) is 1. The summed E-state index contributed by atoms with van der Waals surface area (Å²) in [6.07, 6.45) is 4.38. The Hall–Kier alpha value is -0.970. The van der Waals surface area contributed by atoms with E-state index in [4.69, 9.17) is 5.26 Å². The Morgan fingerprint density at radius 3 is 3.00 bits per heavy atom. The fourth-order valence-corrected chi connectivity index (χ4v) is 0.458. The van der Waals surface area contributed by atoms with Crippen LogP contribution in [0.3, 0.4) is 0 Å². The van der Waals surface area contributed by atoms with Crippen LogP contribution in [0.2, 0.25) is 0 Å². The third kappa shape index (κ3) is 1.65. The van der Waals surface area contributed by atoms with E-state index in [1.54, 1.807) is 0 Å². The molecule has 0 bridgehead atoms. The number of nitriles is 1. The van der Waals surface area contributed by atoms with E-state index in [0.29, 0.717) is 6.54 Å². The zero-order valence-electron chi connectivity index (χ0n) is 4.65. The Bertz CT molecular complexity index is 135. The highest BCUT2D eigenvalue weighted by Crippen LogP contribution is 2.25. The molecule has 2 nitrogen and oxygen atoms in total. The van der Waals surface area contributed by atoms with E-state index >= 15 is 0 Å². The van der Waals surface area contributed by atoms with Crippen molar-refractivity contribution in [1.29, 1.82) is 5.26 Å². The molecule has 1 fully saturated rings. The minimum atomic E-state index is 0.434. The van der Waals surface area contributed by atoms with E-state index in [1.165, 1.54) is 18.4 Å². The van der Waals surface area contributed by atoms with Gasteiger partial charge < -0.3 is 5.32 Å². The molecule has 0 saturated heterocycles. The smallest absolute Gasteiger partial charge is 0.102 e. The van der Waals surface area contributed by atoms with Crippen molar-refractivity contribution in [1.82, 2.24) is 5.32 Å². The molecule has 2 heteroatoms. The van der Waals surface area contributed by atoms with Gasteiger partial charge in [0.1, 0.15) is 6.54 Å². The van der Waals surface area contributed by atoms with Crippen LogP contribution in [0.4, 0.5) is 0 Å². The molecular formula is C6H8N2. The minimum absolute atomic E-state index is 0.434. The largest absolute Gasteiger partial charge is 0.378 e. The molecule has 0 unspecified atom stereocenters. The molecule has 0 radical (unpaired) electrons. The van der Waals surface area contributed by atoms with Crippen molar-refractivity contribution in [3.8, 4) is 6.07 Å². The molecule has 0 aromatic rings. The predicted octanol–water partition coefficient (Wildman–Crippen LogP) is 0.777. The van der Waals surface area contributed by atoms with Gasteiger partial charge in [-0.15, -0.1) is 0 Å². The summed E-state index contributed by atoms with van der Waals surface area (Å²) in [5.41, 5.74) is 1.43. The third-order valence-electron chi connectivity index (χ3n) is 1.03. The van der Waals surface area contributed by atoms with Gasteiger partial charge in [-0.05, 0) is 19.0 Å². The van der Waals surface area contributed by atoms with E-state index in [-0.39, 0.29) is 0 Å². The van der Waals surface area contributed by atoms with Gasteiger partial charge in [0, 0.05) is 0 Å². The van der Waals surface area contributed by atoms with Gasteiger partial charge in [0.2, 0.25) is 0 Å². The summed E-state index contributed by atoms with van der Waals surface area (Å²) in [5.74, 6) is 0. The zero-order valence-corrected chi connectivity index (χ0v) is 4.65. The Morgan fingerprint density at radius 1 is 1.75 bits per heavy atom. The standard InChI is InChI=1S/C6H8N2/c7-3-4-8-5-6-1-2-6/h5,8H,1-2,4H2. The molecular weight excluding hydrogens is 100 g/mol. The van der Waals surface area contributed by atoms with Crippen molar-refractivity contribution in [2.24, 2.45) is 0 Å².